The number of fused-ring (bicyclic) bond motifs is 1. The van der Waals surface area contributed by atoms with Gasteiger partial charge in [-0.1, -0.05) is 11.8 Å². The molecule has 0 spiro atoms. The summed E-state index contributed by atoms with van der Waals surface area (Å²) in [4.78, 5) is 6.43. The van der Waals surface area contributed by atoms with Crippen molar-refractivity contribution in [2.24, 2.45) is 7.05 Å². The first-order valence-corrected chi connectivity index (χ1v) is 8.26. The zero-order chi connectivity index (χ0) is 17.2. The van der Waals surface area contributed by atoms with Crippen molar-refractivity contribution in [3.8, 4) is 11.8 Å². The highest BCUT2D eigenvalue weighted by molar-refractivity contribution is 5.83. The molecule has 3 heterocycles. The number of ether oxygens (including phenoxy) is 1. The van der Waals surface area contributed by atoms with Crippen LogP contribution >= 0.6 is 0 Å². The van der Waals surface area contributed by atoms with Gasteiger partial charge in [0.15, 0.2) is 0 Å². The molecule has 0 bridgehead atoms. The quantitative estimate of drug-likeness (QED) is 0.641. The van der Waals surface area contributed by atoms with E-state index in [0.717, 1.165) is 48.5 Å². The molecule has 25 heavy (non-hydrogen) atoms. The molecule has 0 aliphatic carbocycles. The van der Waals surface area contributed by atoms with E-state index in [1.54, 1.807) is 0 Å². The number of aromatic nitrogens is 2. The fourth-order valence-electron chi connectivity index (χ4n) is 3.05. The molecule has 0 unspecified atom stereocenters. The normalized spacial score (nSPS) is 14.4. The van der Waals surface area contributed by atoms with Crippen molar-refractivity contribution < 1.29 is 9.13 Å². The Hall–Kier alpha value is -2.84. The second kappa shape index (κ2) is 6.58. The van der Waals surface area contributed by atoms with Crippen LogP contribution in [0.1, 0.15) is 11.1 Å². The van der Waals surface area contributed by atoms with Gasteiger partial charge in [-0.05, 0) is 30.3 Å². The first-order valence-electron chi connectivity index (χ1n) is 8.26. The van der Waals surface area contributed by atoms with E-state index >= 15 is 0 Å². The van der Waals surface area contributed by atoms with Crippen LogP contribution in [0.2, 0.25) is 0 Å². The van der Waals surface area contributed by atoms with Gasteiger partial charge in [0.2, 0.25) is 0 Å². The molecule has 3 aromatic rings. The number of morpholine rings is 1. The Kier molecular flexibility index (Phi) is 4.12. The van der Waals surface area contributed by atoms with Crippen molar-refractivity contribution in [1.82, 2.24) is 9.55 Å². The zero-order valence-electron chi connectivity index (χ0n) is 14.0. The van der Waals surface area contributed by atoms with Crippen molar-refractivity contribution >= 4 is 16.7 Å². The Bertz CT molecular complexity index is 960. The van der Waals surface area contributed by atoms with Crippen LogP contribution in [-0.4, -0.2) is 35.9 Å². The zero-order valence-corrected chi connectivity index (χ0v) is 14.0. The van der Waals surface area contributed by atoms with Gasteiger partial charge in [0.05, 0.1) is 25.0 Å². The summed E-state index contributed by atoms with van der Waals surface area (Å²) in [6.07, 6.45) is 3.11. The number of aryl methyl sites for hydroxylation is 1. The number of anilines is 1. The highest BCUT2D eigenvalue weighted by Crippen LogP contribution is 2.19. The van der Waals surface area contributed by atoms with E-state index in [4.69, 9.17) is 4.74 Å². The number of halogens is 1. The van der Waals surface area contributed by atoms with Crippen molar-refractivity contribution in [1.29, 1.82) is 0 Å². The molecule has 5 heteroatoms. The summed E-state index contributed by atoms with van der Waals surface area (Å²) in [7, 11) is 1.88. The molecule has 0 N–H and O–H groups in total. The molecule has 1 saturated heterocycles. The maximum absolute atomic E-state index is 13.5. The van der Waals surface area contributed by atoms with E-state index in [1.165, 1.54) is 18.0 Å². The third-order valence-electron chi connectivity index (χ3n) is 4.37. The van der Waals surface area contributed by atoms with Crippen molar-refractivity contribution in [3.05, 3.63) is 59.7 Å². The smallest absolute Gasteiger partial charge is 0.142 e. The lowest BCUT2D eigenvalue weighted by molar-refractivity contribution is 0.122. The van der Waals surface area contributed by atoms with Gasteiger partial charge in [-0.2, -0.15) is 0 Å². The number of hydrogen-bond donors (Lipinski definition) is 0. The topological polar surface area (TPSA) is 30.3 Å². The van der Waals surface area contributed by atoms with Crippen LogP contribution < -0.4 is 4.90 Å². The van der Waals surface area contributed by atoms with Crippen LogP contribution in [0.15, 0.2) is 42.7 Å². The Morgan fingerprint density at radius 2 is 1.88 bits per heavy atom. The van der Waals surface area contributed by atoms with Gasteiger partial charge >= 0.3 is 0 Å². The van der Waals surface area contributed by atoms with Crippen LogP contribution in [-0.2, 0) is 11.8 Å². The van der Waals surface area contributed by atoms with E-state index in [2.05, 4.69) is 33.9 Å². The Labute approximate surface area is 145 Å². The van der Waals surface area contributed by atoms with Gasteiger partial charge in [-0.15, -0.1) is 0 Å². The monoisotopic (exact) mass is 335 g/mol. The van der Waals surface area contributed by atoms with E-state index in [0.29, 0.717) is 0 Å². The van der Waals surface area contributed by atoms with E-state index in [1.807, 2.05) is 29.9 Å². The molecule has 4 nitrogen and oxygen atoms in total. The number of rotatable bonds is 1. The van der Waals surface area contributed by atoms with Crippen LogP contribution in [0.4, 0.5) is 10.1 Å². The van der Waals surface area contributed by atoms with E-state index < -0.39 is 0 Å². The van der Waals surface area contributed by atoms with Crippen molar-refractivity contribution in [2.75, 3.05) is 31.2 Å². The molecular formula is C20H18FN3O. The summed E-state index contributed by atoms with van der Waals surface area (Å²) in [5.74, 6) is 5.95. The SMILES string of the molecule is Cn1cc(C#Cc2ccc(N3CCOCC3)cc2)c2cc(F)cnc21. The summed E-state index contributed by atoms with van der Waals surface area (Å²) < 4.78 is 20.7. The number of benzene rings is 1. The third-order valence-corrected chi connectivity index (χ3v) is 4.37. The minimum Gasteiger partial charge on any atom is -0.378 e. The molecular weight excluding hydrogens is 317 g/mol. The average molecular weight is 335 g/mol. The molecule has 0 radical (unpaired) electrons. The molecule has 0 amide bonds. The van der Waals surface area contributed by atoms with Gasteiger partial charge in [-0.25, -0.2) is 9.37 Å². The van der Waals surface area contributed by atoms with Crippen LogP contribution in [0.25, 0.3) is 11.0 Å². The number of hydrogen-bond acceptors (Lipinski definition) is 3. The minimum atomic E-state index is -0.350. The largest absolute Gasteiger partial charge is 0.378 e. The van der Waals surface area contributed by atoms with Gasteiger partial charge in [-0.3, -0.25) is 0 Å². The summed E-state index contributed by atoms with van der Waals surface area (Å²) in [6, 6.07) is 9.68. The van der Waals surface area contributed by atoms with Crippen LogP contribution in [0.5, 0.6) is 0 Å². The van der Waals surface area contributed by atoms with E-state index in [9.17, 15) is 4.39 Å². The predicted molar refractivity (Wildman–Crippen MR) is 96.1 cm³/mol. The second-order valence-corrected chi connectivity index (χ2v) is 6.07. The summed E-state index contributed by atoms with van der Waals surface area (Å²) in [6.45, 7) is 3.37. The molecule has 1 aliphatic rings. The second-order valence-electron chi connectivity index (χ2n) is 6.07. The number of nitrogens with zero attached hydrogens (tertiary/aromatic N) is 3. The number of pyridine rings is 1. The molecule has 1 aromatic carbocycles. The van der Waals surface area contributed by atoms with Gasteiger partial charge in [0.1, 0.15) is 11.5 Å². The highest BCUT2D eigenvalue weighted by Gasteiger charge is 2.10. The van der Waals surface area contributed by atoms with Crippen molar-refractivity contribution in [2.45, 2.75) is 0 Å². The van der Waals surface area contributed by atoms with E-state index in [-0.39, 0.29) is 5.82 Å². The molecule has 2 aromatic heterocycles. The first kappa shape index (κ1) is 15.7. The Balaban J connectivity index is 1.60. The molecule has 0 saturated carbocycles. The van der Waals surface area contributed by atoms with Crippen LogP contribution in [0.3, 0.4) is 0 Å². The summed E-state index contributed by atoms with van der Waals surface area (Å²) in [5.41, 5.74) is 3.62. The lowest BCUT2D eigenvalue weighted by Gasteiger charge is -2.28. The average Bonchev–Trinajstić information content (AvgIpc) is 2.96. The predicted octanol–water partition coefficient (Wildman–Crippen LogP) is 2.95. The Morgan fingerprint density at radius 1 is 1.12 bits per heavy atom. The van der Waals surface area contributed by atoms with Gasteiger partial charge in [0.25, 0.3) is 0 Å². The fourth-order valence-corrected chi connectivity index (χ4v) is 3.05. The highest BCUT2D eigenvalue weighted by atomic mass is 19.1. The maximum atomic E-state index is 13.5. The van der Waals surface area contributed by atoms with Crippen molar-refractivity contribution in [3.63, 3.8) is 0 Å². The first-order chi connectivity index (χ1) is 12.2. The molecule has 1 aliphatic heterocycles. The van der Waals surface area contributed by atoms with Crippen LogP contribution in [0, 0.1) is 17.7 Å². The Morgan fingerprint density at radius 3 is 2.64 bits per heavy atom. The fraction of sp³-hybridized carbons (Fsp3) is 0.250. The summed E-state index contributed by atoms with van der Waals surface area (Å²) in [5, 5.41) is 0.736. The lowest BCUT2D eigenvalue weighted by Crippen LogP contribution is -2.36. The molecule has 126 valence electrons. The lowest BCUT2D eigenvalue weighted by atomic mass is 10.1. The molecule has 0 atom stereocenters. The minimum absolute atomic E-state index is 0.350. The molecule has 1 fully saturated rings. The summed E-state index contributed by atoms with van der Waals surface area (Å²) >= 11 is 0. The standard InChI is InChI=1S/C20H18FN3O/c1-23-14-16(19-12-17(21)13-22-20(19)23)5-2-15-3-6-18(7-4-15)24-8-10-25-11-9-24/h3-4,6-7,12-14H,8-11H2,1H3. The van der Waals surface area contributed by atoms with Gasteiger partial charge in [0, 0.05) is 43.0 Å². The third kappa shape index (κ3) is 3.21. The molecule has 4 rings (SSSR count). The maximum Gasteiger partial charge on any atom is 0.142 e. The van der Waals surface area contributed by atoms with Gasteiger partial charge < -0.3 is 14.2 Å².